The van der Waals surface area contributed by atoms with Gasteiger partial charge in [-0.15, -0.1) is 0 Å². The molecule has 0 heterocycles. The summed E-state index contributed by atoms with van der Waals surface area (Å²) in [5.74, 6) is -1.21. The number of hydrogen-bond acceptors (Lipinski definition) is 6. The van der Waals surface area contributed by atoms with Crippen LogP contribution in [0, 0.1) is 10.1 Å². The molecule has 3 aromatic rings. The van der Waals surface area contributed by atoms with E-state index in [2.05, 4.69) is 5.32 Å². The molecule has 2 atom stereocenters. The molecule has 0 radical (unpaired) electrons. The van der Waals surface area contributed by atoms with Gasteiger partial charge in [-0.1, -0.05) is 60.5 Å². The van der Waals surface area contributed by atoms with Crippen LogP contribution in [-0.2, 0) is 26.2 Å². The third-order valence-corrected chi connectivity index (χ3v) is 8.99. The Labute approximate surface area is 249 Å². The normalized spacial score (nSPS) is 12.7. The molecule has 0 spiro atoms. The van der Waals surface area contributed by atoms with Gasteiger partial charge in [0.15, 0.2) is 0 Å². The Kier molecular flexibility index (Phi) is 10.7. The lowest BCUT2D eigenvalue weighted by atomic mass is 10.1. The van der Waals surface area contributed by atoms with Gasteiger partial charge < -0.3 is 10.2 Å². The number of halogens is 2. The van der Waals surface area contributed by atoms with Crippen molar-refractivity contribution in [2.24, 2.45) is 0 Å². The van der Waals surface area contributed by atoms with Crippen LogP contribution in [0.2, 0.25) is 10.0 Å². The van der Waals surface area contributed by atoms with Gasteiger partial charge in [0.1, 0.15) is 12.6 Å². The number of nitrogens with zero attached hydrogens (tertiary/aromatic N) is 3. The molecule has 3 aromatic carbocycles. The number of hydrogen-bond donors (Lipinski definition) is 1. The first-order valence-corrected chi connectivity index (χ1v) is 14.9. The van der Waals surface area contributed by atoms with Crippen molar-refractivity contribution in [3.63, 3.8) is 0 Å². The van der Waals surface area contributed by atoms with Crippen molar-refractivity contribution in [3.8, 4) is 0 Å². The monoisotopic (exact) mass is 620 g/mol. The van der Waals surface area contributed by atoms with E-state index in [-0.39, 0.29) is 38.9 Å². The molecule has 218 valence electrons. The Hall–Kier alpha value is -3.67. The van der Waals surface area contributed by atoms with Crippen LogP contribution in [0.4, 0.5) is 11.4 Å². The Morgan fingerprint density at radius 2 is 1.59 bits per heavy atom. The summed E-state index contributed by atoms with van der Waals surface area (Å²) in [6.45, 7) is 4.28. The van der Waals surface area contributed by atoms with Crippen LogP contribution in [0.15, 0.2) is 77.7 Å². The fraction of sp³-hybridized carbons (Fsp3) is 0.286. The number of anilines is 1. The standard InChI is InChI=1S/C28H30Cl2N4O6S/c1-4-19(2)31-28(36)20(3)32(17-24-25(29)14-9-15-26(24)30)27(35)18-33(21-10-8-11-22(16-21)34(37)38)41(39,40)23-12-6-5-7-13-23/h5-16,19-20H,4,17-18H2,1-3H3,(H,31,36)/t19-,20+/m1/s1. The maximum absolute atomic E-state index is 14.0. The molecule has 2 amide bonds. The summed E-state index contributed by atoms with van der Waals surface area (Å²) in [4.78, 5) is 39.0. The van der Waals surface area contributed by atoms with Gasteiger partial charge in [-0.05, 0) is 50.6 Å². The van der Waals surface area contributed by atoms with Gasteiger partial charge >= 0.3 is 0 Å². The summed E-state index contributed by atoms with van der Waals surface area (Å²) in [6, 6.07) is 15.9. The minimum atomic E-state index is -4.37. The second-order valence-electron chi connectivity index (χ2n) is 9.32. The molecular weight excluding hydrogens is 591 g/mol. The number of benzene rings is 3. The van der Waals surface area contributed by atoms with Crippen LogP contribution >= 0.6 is 23.2 Å². The molecule has 0 aliphatic rings. The number of sulfonamides is 1. The fourth-order valence-corrected chi connectivity index (χ4v) is 5.86. The molecule has 13 heteroatoms. The molecule has 0 aliphatic carbocycles. The zero-order chi connectivity index (χ0) is 30.3. The lowest BCUT2D eigenvalue weighted by Gasteiger charge is -2.32. The summed E-state index contributed by atoms with van der Waals surface area (Å²) in [7, 11) is -4.37. The summed E-state index contributed by atoms with van der Waals surface area (Å²) in [6.07, 6.45) is 0.651. The molecular formula is C28H30Cl2N4O6S. The van der Waals surface area contributed by atoms with E-state index in [0.717, 1.165) is 10.4 Å². The number of rotatable bonds is 12. The molecule has 10 nitrogen and oxygen atoms in total. The summed E-state index contributed by atoms with van der Waals surface area (Å²) in [5.41, 5.74) is -0.0757. The summed E-state index contributed by atoms with van der Waals surface area (Å²) >= 11 is 12.8. The largest absolute Gasteiger partial charge is 0.352 e. The van der Waals surface area contributed by atoms with Gasteiger partial charge in [-0.25, -0.2) is 8.42 Å². The number of nitrogens with one attached hydrogen (secondary N) is 1. The highest BCUT2D eigenvalue weighted by Crippen LogP contribution is 2.29. The van der Waals surface area contributed by atoms with Crippen LogP contribution < -0.4 is 9.62 Å². The quantitative estimate of drug-likeness (QED) is 0.212. The molecule has 0 aromatic heterocycles. The van der Waals surface area contributed by atoms with Gasteiger partial charge in [-0.2, -0.15) is 0 Å². The van der Waals surface area contributed by atoms with E-state index in [0.29, 0.717) is 12.0 Å². The fourth-order valence-electron chi connectivity index (χ4n) is 3.91. The van der Waals surface area contributed by atoms with Gasteiger partial charge in [0.25, 0.3) is 15.7 Å². The van der Waals surface area contributed by atoms with E-state index < -0.39 is 39.3 Å². The maximum Gasteiger partial charge on any atom is 0.271 e. The van der Waals surface area contributed by atoms with Crippen molar-refractivity contribution < 1.29 is 22.9 Å². The predicted octanol–water partition coefficient (Wildman–Crippen LogP) is 5.43. The minimum absolute atomic E-state index is 0.0937. The number of amides is 2. The molecule has 3 rings (SSSR count). The SMILES string of the molecule is CC[C@@H](C)NC(=O)[C@H](C)N(Cc1c(Cl)cccc1Cl)C(=O)CN(c1cccc([N+](=O)[O-])c1)S(=O)(=O)c1ccccc1. The summed E-state index contributed by atoms with van der Waals surface area (Å²) < 4.78 is 28.4. The first-order valence-electron chi connectivity index (χ1n) is 12.7. The number of nitro benzene ring substituents is 1. The Balaban J connectivity index is 2.10. The first-order chi connectivity index (χ1) is 19.4. The number of carbonyl (C=O) groups is 2. The lowest BCUT2D eigenvalue weighted by molar-refractivity contribution is -0.384. The first kappa shape index (κ1) is 31.9. The highest BCUT2D eigenvalue weighted by molar-refractivity contribution is 7.92. The van der Waals surface area contributed by atoms with Crippen molar-refractivity contribution in [2.75, 3.05) is 10.8 Å². The Bertz CT molecular complexity index is 1500. The molecule has 0 unspecified atom stereocenters. The average Bonchev–Trinajstić information content (AvgIpc) is 2.95. The van der Waals surface area contributed by atoms with Crippen molar-refractivity contribution in [3.05, 3.63) is 98.5 Å². The Morgan fingerprint density at radius 3 is 2.17 bits per heavy atom. The van der Waals surface area contributed by atoms with Crippen LogP contribution in [0.25, 0.3) is 0 Å². The average molecular weight is 622 g/mol. The molecule has 0 bridgehead atoms. The molecule has 0 saturated heterocycles. The Morgan fingerprint density at radius 1 is 0.976 bits per heavy atom. The van der Waals surface area contributed by atoms with E-state index in [9.17, 15) is 28.1 Å². The smallest absolute Gasteiger partial charge is 0.271 e. The zero-order valence-electron chi connectivity index (χ0n) is 22.7. The second kappa shape index (κ2) is 13.8. The molecule has 0 saturated carbocycles. The van der Waals surface area contributed by atoms with E-state index in [1.54, 1.807) is 24.3 Å². The maximum atomic E-state index is 14.0. The van der Waals surface area contributed by atoms with Crippen LogP contribution in [0.5, 0.6) is 0 Å². The van der Waals surface area contributed by atoms with Gasteiger partial charge in [0, 0.05) is 40.3 Å². The molecule has 1 N–H and O–H groups in total. The number of non-ortho nitro benzene ring substituents is 1. The number of nitro groups is 1. The number of carbonyl (C=O) groups excluding carboxylic acids is 2. The highest BCUT2D eigenvalue weighted by Gasteiger charge is 2.33. The van der Waals surface area contributed by atoms with Crippen molar-refractivity contribution in [1.29, 1.82) is 0 Å². The topological polar surface area (TPSA) is 130 Å². The second-order valence-corrected chi connectivity index (χ2v) is 12.0. The van der Waals surface area contributed by atoms with Crippen LogP contribution in [-0.4, -0.2) is 48.7 Å². The van der Waals surface area contributed by atoms with Gasteiger partial charge in [-0.3, -0.25) is 24.0 Å². The molecule has 0 aliphatic heterocycles. The van der Waals surface area contributed by atoms with Crippen molar-refractivity contribution >= 4 is 56.4 Å². The molecule has 0 fully saturated rings. The van der Waals surface area contributed by atoms with E-state index in [1.807, 2.05) is 13.8 Å². The van der Waals surface area contributed by atoms with Gasteiger partial charge in [0.05, 0.1) is 15.5 Å². The van der Waals surface area contributed by atoms with Gasteiger partial charge in [0.2, 0.25) is 11.8 Å². The third kappa shape index (κ3) is 7.75. The van der Waals surface area contributed by atoms with E-state index >= 15 is 0 Å². The predicted molar refractivity (Wildman–Crippen MR) is 158 cm³/mol. The summed E-state index contributed by atoms with van der Waals surface area (Å²) in [5, 5.41) is 14.8. The van der Waals surface area contributed by atoms with Crippen molar-refractivity contribution in [2.45, 2.75) is 50.7 Å². The third-order valence-electron chi connectivity index (χ3n) is 6.50. The highest BCUT2D eigenvalue weighted by atomic mass is 35.5. The molecule has 41 heavy (non-hydrogen) atoms. The van der Waals surface area contributed by atoms with Crippen LogP contribution in [0.3, 0.4) is 0 Å². The van der Waals surface area contributed by atoms with E-state index in [1.165, 1.54) is 54.3 Å². The van der Waals surface area contributed by atoms with Crippen LogP contribution in [0.1, 0.15) is 32.8 Å². The lowest BCUT2D eigenvalue weighted by Crippen LogP contribution is -2.52. The zero-order valence-corrected chi connectivity index (χ0v) is 25.0. The minimum Gasteiger partial charge on any atom is -0.352 e. The van der Waals surface area contributed by atoms with E-state index in [4.69, 9.17) is 23.2 Å². The van der Waals surface area contributed by atoms with Crippen molar-refractivity contribution in [1.82, 2.24) is 10.2 Å².